The molecule has 2 aliphatic carbocycles. The third-order valence-electron chi connectivity index (χ3n) is 7.76. The van der Waals surface area contributed by atoms with E-state index in [0.29, 0.717) is 24.0 Å². The van der Waals surface area contributed by atoms with Gasteiger partial charge < -0.3 is 19.4 Å². The van der Waals surface area contributed by atoms with Crippen molar-refractivity contribution in [1.82, 2.24) is 0 Å². The van der Waals surface area contributed by atoms with Gasteiger partial charge in [-0.05, 0) is 99.1 Å². The van der Waals surface area contributed by atoms with Gasteiger partial charge in [-0.1, -0.05) is 23.8 Å². The first kappa shape index (κ1) is 23.9. The fourth-order valence-corrected chi connectivity index (χ4v) is 6.68. The summed E-state index contributed by atoms with van der Waals surface area (Å²) in [6.45, 7) is 3.00. The number of ether oxygens (including phenoxy) is 2. The second kappa shape index (κ2) is 9.70. The molecule has 1 saturated heterocycles. The van der Waals surface area contributed by atoms with Gasteiger partial charge in [-0.3, -0.25) is 0 Å². The average molecular weight is 476 g/mol. The quantitative estimate of drug-likeness (QED) is 0.502. The number of hydrogen-bond donors (Lipinski definition) is 0. The van der Waals surface area contributed by atoms with Crippen LogP contribution in [0.4, 0.5) is 0 Å². The standard InChI is InChI=1S/C26H31N2O4S.Li/c1-17-4-8-21(9-5-17)33(29,30)28-27-19-15-25-24-10-6-18-14-20(31-3)7-11-22(18)23(24)12-13-26(25,2)32-16-19;/h4-5,7-9,11,14,23-25H,6,10,12-13,15-16H2,1-3H3;/q-1;+1/b27-19-;/t23?,24?,25-,26-;/m0./s1/i16D;/t16-,23?,24?,25-,26-;. The van der Waals surface area contributed by atoms with Crippen LogP contribution in [-0.4, -0.2) is 33.4 Å². The van der Waals surface area contributed by atoms with Gasteiger partial charge in [0.25, 0.3) is 0 Å². The molecule has 1 aliphatic heterocycles. The summed E-state index contributed by atoms with van der Waals surface area (Å²) in [4.78, 5) is 3.80. The summed E-state index contributed by atoms with van der Waals surface area (Å²) < 4.78 is 45.5. The van der Waals surface area contributed by atoms with E-state index >= 15 is 0 Å². The van der Waals surface area contributed by atoms with Gasteiger partial charge in [0.05, 0.1) is 25.6 Å². The minimum atomic E-state index is -3.93. The first-order valence-electron chi connectivity index (χ1n) is 12.2. The van der Waals surface area contributed by atoms with Gasteiger partial charge in [0.15, 0.2) is 0 Å². The smallest absolute Gasteiger partial charge is 0.497 e. The number of aryl methyl sites for hydroxylation is 2. The van der Waals surface area contributed by atoms with E-state index in [1.807, 2.05) is 13.0 Å². The third-order valence-corrected chi connectivity index (χ3v) is 8.92. The van der Waals surface area contributed by atoms with E-state index in [1.54, 1.807) is 19.2 Å². The predicted octanol–water partition coefficient (Wildman–Crippen LogP) is 2.36. The van der Waals surface area contributed by atoms with Crippen molar-refractivity contribution >= 4 is 15.7 Å². The van der Waals surface area contributed by atoms with Crippen LogP contribution in [0.25, 0.3) is 4.83 Å². The summed E-state index contributed by atoms with van der Waals surface area (Å²) in [5, 5.41) is 4.09. The first-order valence-corrected chi connectivity index (χ1v) is 13.0. The predicted molar refractivity (Wildman–Crippen MR) is 128 cm³/mol. The molecule has 0 bridgehead atoms. The second-order valence-corrected chi connectivity index (χ2v) is 11.3. The summed E-state index contributed by atoms with van der Waals surface area (Å²) in [7, 11) is -2.23. The van der Waals surface area contributed by atoms with Gasteiger partial charge in [0.2, 0.25) is 0 Å². The van der Waals surface area contributed by atoms with E-state index < -0.39 is 22.2 Å². The Morgan fingerprint density at radius 3 is 2.71 bits per heavy atom. The van der Waals surface area contributed by atoms with Gasteiger partial charge in [-0.15, -0.1) is 0 Å². The van der Waals surface area contributed by atoms with Crippen molar-refractivity contribution in [3.05, 3.63) is 64.0 Å². The second-order valence-electron chi connectivity index (χ2n) is 9.73. The Morgan fingerprint density at radius 1 is 1.21 bits per heavy atom. The largest absolute Gasteiger partial charge is 1.00 e. The first-order chi connectivity index (χ1) is 16.2. The van der Waals surface area contributed by atoms with Gasteiger partial charge in [-0.2, -0.15) is 0 Å². The molecule has 2 aromatic carbocycles. The molecule has 1 saturated carbocycles. The maximum Gasteiger partial charge on any atom is 1.00 e. The van der Waals surface area contributed by atoms with Crippen LogP contribution in [0.1, 0.15) is 56.6 Å². The molecule has 34 heavy (non-hydrogen) atoms. The molecule has 1 heterocycles. The molecule has 176 valence electrons. The van der Waals surface area contributed by atoms with Crippen LogP contribution in [0.5, 0.6) is 5.75 Å². The van der Waals surface area contributed by atoms with E-state index in [0.717, 1.165) is 37.0 Å². The zero-order valence-electron chi connectivity index (χ0n) is 21.3. The Balaban J connectivity index is 0.00000289. The van der Waals surface area contributed by atoms with Crippen LogP contribution in [0, 0.1) is 18.8 Å². The van der Waals surface area contributed by atoms with Gasteiger partial charge in [-0.25, -0.2) is 8.42 Å². The Morgan fingerprint density at radius 2 is 1.97 bits per heavy atom. The molecule has 2 fully saturated rings. The van der Waals surface area contributed by atoms with Crippen molar-refractivity contribution in [3.63, 3.8) is 0 Å². The normalized spacial score (nSPS) is 31.9. The number of rotatable bonds is 4. The van der Waals surface area contributed by atoms with Crippen LogP contribution in [0.2, 0.25) is 0 Å². The Labute approximate surface area is 216 Å². The van der Waals surface area contributed by atoms with Crippen LogP contribution >= 0.6 is 0 Å². The molecule has 0 radical (unpaired) electrons. The Hall–Kier alpha value is -1.78. The maximum absolute atomic E-state index is 12.7. The minimum absolute atomic E-state index is 0. The number of hydrogen-bond acceptors (Lipinski definition) is 5. The van der Waals surface area contributed by atoms with Gasteiger partial charge >= 0.3 is 18.9 Å². The van der Waals surface area contributed by atoms with Gasteiger partial charge in [0, 0.05) is 5.71 Å². The molecular formula is C26H31LiN2O4S. The third kappa shape index (κ3) is 4.68. The number of methoxy groups -OCH3 is 1. The maximum atomic E-state index is 12.7. The summed E-state index contributed by atoms with van der Waals surface area (Å²) >= 11 is 0. The molecule has 2 aromatic rings. The molecule has 5 atom stereocenters. The van der Waals surface area contributed by atoms with Crippen molar-refractivity contribution < 1.29 is 38.1 Å². The van der Waals surface area contributed by atoms with Crippen molar-refractivity contribution in [1.29, 1.82) is 0 Å². The fraction of sp³-hybridized carbons (Fsp3) is 0.500. The van der Waals surface area contributed by atoms with E-state index in [2.05, 4.69) is 29.0 Å². The Kier molecular flexibility index (Phi) is 6.83. The SMILES string of the molecule is [2H][C@@H]1O[C@@]2(C)CCC3c4ccc(OC)cc4CCC3[C@@H]2C/C1=N/[N-]S(=O)(=O)c1ccc(C)cc1.[Li+]. The minimum Gasteiger partial charge on any atom is -0.497 e. The summed E-state index contributed by atoms with van der Waals surface area (Å²) in [6.07, 6.45) is 4.42. The molecule has 0 spiro atoms. The van der Waals surface area contributed by atoms with E-state index in [1.165, 1.54) is 23.3 Å². The molecule has 6 nitrogen and oxygen atoms in total. The van der Waals surface area contributed by atoms with Crippen molar-refractivity contribution in [3.8, 4) is 5.75 Å². The summed E-state index contributed by atoms with van der Waals surface area (Å²) in [5.74, 6) is 1.87. The zero-order valence-corrected chi connectivity index (χ0v) is 21.1. The number of sulfonamides is 1. The molecule has 0 aromatic heterocycles. The van der Waals surface area contributed by atoms with Crippen LogP contribution in [-0.2, 0) is 21.2 Å². The van der Waals surface area contributed by atoms with Crippen LogP contribution < -0.4 is 23.6 Å². The monoisotopic (exact) mass is 475 g/mol. The number of benzene rings is 2. The topological polar surface area (TPSA) is 79.1 Å². The molecule has 8 heteroatoms. The molecule has 0 N–H and O–H groups in total. The number of nitrogens with zero attached hydrogens (tertiary/aromatic N) is 2. The number of fused-ring (bicyclic) bond motifs is 5. The van der Waals surface area contributed by atoms with Crippen molar-refractivity contribution in [2.75, 3.05) is 13.7 Å². The molecule has 3 aliphatic rings. The Bertz CT molecular complexity index is 1220. The van der Waals surface area contributed by atoms with E-state index in [9.17, 15) is 8.42 Å². The van der Waals surface area contributed by atoms with Crippen molar-refractivity contribution in [2.45, 2.75) is 62.4 Å². The summed E-state index contributed by atoms with van der Waals surface area (Å²) in [5.41, 5.74) is 3.69. The van der Waals surface area contributed by atoms with Crippen LogP contribution in [0.3, 0.4) is 0 Å². The molecule has 0 amide bonds. The molecule has 5 rings (SSSR count). The zero-order chi connectivity index (χ0) is 24.1. The molecule has 2 unspecified atom stereocenters. The van der Waals surface area contributed by atoms with Crippen molar-refractivity contribution in [2.24, 2.45) is 16.9 Å². The summed E-state index contributed by atoms with van der Waals surface area (Å²) in [6, 6.07) is 12.9. The van der Waals surface area contributed by atoms with E-state index in [4.69, 9.17) is 10.8 Å². The van der Waals surface area contributed by atoms with E-state index in [-0.39, 0.29) is 29.7 Å². The van der Waals surface area contributed by atoms with Crippen LogP contribution in [0.15, 0.2) is 52.5 Å². The average Bonchev–Trinajstić information content (AvgIpc) is 2.82. The molecular weight excluding hydrogens is 443 g/mol. The van der Waals surface area contributed by atoms with Gasteiger partial charge in [0.1, 0.15) is 15.8 Å². The fourth-order valence-electron chi connectivity index (χ4n) is 5.89.